The van der Waals surface area contributed by atoms with Gasteiger partial charge in [0.05, 0.1) is 21.3 Å². The van der Waals surface area contributed by atoms with Crippen molar-refractivity contribution in [2.75, 3.05) is 35.0 Å². The van der Waals surface area contributed by atoms with Gasteiger partial charge in [0.1, 0.15) is 5.75 Å². The highest BCUT2D eigenvalue weighted by molar-refractivity contribution is 5.87. The molecule has 7 nitrogen and oxygen atoms in total. The van der Waals surface area contributed by atoms with E-state index in [1.54, 1.807) is 43.3 Å². The van der Waals surface area contributed by atoms with Gasteiger partial charge in [-0.3, -0.25) is 4.79 Å². The summed E-state index contributed by atoms with van der Waals surface area (Å²) in [5, 5.41) is 0. The van der Waals surface area contributed by atoms with Crippen LogP contribution < -0.4 is 14.2 Å². The minimum absolute atomic E-state index is 0.140. The van der Waals surface area contributed by atoms with Crippen LogP contribution in [0.15, 0.2) is 48.5 Å². The van der Waals surface area contributed by atoms with Crippen LogP contribution >= 0.6 is 0 Å². The van der Waals surface area contributed by atoms with Crippen LogP contribution in [0.25, 0.3) is 6.08 Å². The van der Waals surface area contributed by atoms with E-state index in [4.69, 9.17) is 14.2 Å². The second-order valence-electron chi connectivity index (χ2n) is 6.12. The summed E-state index contributed by atoms with van der Waals surface area (Å²) >= 11 is 0. The summed E-state index contributed by atoms with van der Waals surface area (Å²) in [6.45, 7) is 0.264. The van der Waals surface area contributed by atoms with E-state index in [0.29, 0.717) is 18.0 Å². The molecule has 0 atom stereocenters. The van der Waals surface area contributed by atoms with E-state index in [1.807, 2.05) is 24.3 Å². The van der Waals surface area contributed by atoms with E-state index < -0.39 is 5.97 Å². The van der Waals surface area contributed by atoms with E-state index in [-0.39, 0.29) is 12.5 Å². The Hall–Kier alpha value is -3.48. The average Bonchev–Trinajstić information content (AvgIpc) is 2.76. The molecule has 2 rings (SSSR count). The molecule has 0 aliphatic carbocycles. The molecule has 2 aromatic carbocycles. The lowest BCUT2D eigenvalue weighted by Gasteiger charge is -2.19. The first-order chi connectivity index (χ1) is 14.0. The molecule has 1 amide bonds. The molecule has 0 aliphatic rings. The van der Waals surface area contributed by atoms with E-state index in [1.165, 1.54) is 20.3 Å². The molecule has 2 aromatic rings. The van der Waals surface area contributed by atoms with E-state index in [0.717, 1.165) is 16.9 Å². The number of likely N-dealkylation sites (N-methyl/N-ethyl adjacent to an activating group) is 1. The van der Waals surface area contributed by atoms with Crippen LogP contribution in [0.3, 0.4) is 0 Å². The summed E-state index contributed by atoms with van der Waals surface area (Å²) in [5.74, 6) is 0.977. The summed E-state index contributed by atoms with van der Waals surface area (Å²) in [6, 6.07) is 12.7. The number of benzene rings is 2. The highest BCUT2D eigenvalue weighted by Crippen LogP contribution is 2.28. The van der Waals surface area contributed by atoms with Gasteiger partial charge in [-0.25, -0.2) is 4.79 Å². The van der Waals surface area contributed by atoms with Crippen molar-refractivity contribution in [2.45, 2.75) is 6.54 Å². The molecule has 0 N–H and O–H groups in total. The SMILES string of the molecule is COC(=O)/C=C/c1ccc(OCC(=O)N(C)Cc2ccccc2OC)c(OC)c1. The van der Waals surface area contributed by atoms with Crippen molar-refractivity contribution in [3.05, 3.63) is 59.7 Å². The van der Waals surface area contributed by atoms with Gasteiger partial charge in [0, 0.05) is 25.2 Å². The van der Waals surface area contributed by atoms with Gasteiger partial charge < -0.3 is 23.8 Å². The number of ether oxygens (including phenoxy) is 4. The Balaban J connectivity index is 2.00. The minimum atomic E-state index is -0.451. The summed E-state index contributed by atoms with van der Waals surface area (Å²) in [6.07, 6.45) is 2.91. The maximum Gasteiger partial charge on any atom is 0.330 e. The number of amides is 1. The zero-order valence-electron chi connectivity index (χ0n) is 17.0. The predicted octanol–water partition coefficient (Wildman–Crippen LogP) is 2.93. The van der Waals surface area contributed by atoms with Gasteiger partial charge in [-0.2, -0.15) is 0 Å². The fourth-order valence-electron chi connectivity index (χ4n) is 2.57. The normalized spacial score (nSPS) is 10.5. The summed E-state index contributed by atoms with van der Waals surface area (Å²) in [4.78, 5) is 25.2. The summed E-state index contributed by atoms with van der Waals surface area (Å²) < 4.78 is 20.8. The first kappa shape index (κ1) is 21.8. The maximum atomic E-state index is 12.5. The average molecular weight is 399 g/mol. The van der Waals surface area contributed by atoms with Gasteiger partial charge >= 0.3 is 5.97 Å². The molecule has 7 heteroatoms. The van der Waals surface area contributed by atoms with Crippen LogP contribution in [0.5, 0.6) is 17.2 Å². The Morgan fingerprint density at radius 1 is 0.966 bits per heavy atom. The number of para-hydroxylation sites is 1. The van der Waals surface area contributed by atoms with Crippen molar-refractivity contribution in [3.8, 4) is 17.2 Å². The number of carbonyl (C=O) groups is 2. The number of hydrogen-bond acceptors (Lipinski definition) is 6. The van der Waals surface area contributed by atoms with Crippen LogP contribution in [0, 0.1) is 0 Å². The van der Waals surface area contributed by atoms with Gasteiger partial charge in [0.25, 0.3) is 5.91 Å². The molecule has 0 radical (unpaired) electrons. The Kier molecular flexibility index (Phi) is 8.09. The number of esters is 1. The lowest BCUT2D eigenvalue weighted by Crippen LogP contribution is -2.31. The fourth-order valence-corrected chi connectivity index (χ4v) is 2.57. The fraction of sp³-hybridized carbons (Fsp3) is 0.273. The molecule has 0 spiro atoms. The van der Waals surface area contributed by atoms with Gasteiger partial charge in [0.15, 0.2) is 18.1 Å². The van der Waals surface area contributed by atoms with Gasteiger partial charge in [-0.1, -0.05) is 24.3 Å². The van der Waals surface area contributed by atoms with Crippen molar-refractivity contribution >= 4 is 18.0 Å². The molecule has 0 unspecified atom stereocenters. The second-order valence-corrected chi connectivity index (χ2v) is 6.12. The van der Waals surface area contributed by atoms with Crippen LogP contribution in [-0.2, 0) is 20.9 Å². The quantitative estimate of drug-likeness (QED) is 0.477. The molecular formula is C22H25NO6. The lowest BCUT2D eigenvalue weighted by atomic mass is 10.2. The van der Waals surface area contributed by atoms with Gasteiger partial charge in [-0.15, -0.1) is 0 Å². The largest absolute Gasteiger partial charge is 0.496 e. The first-order valence-electron chi connectivity index (χ1n) is 8.91. The van der Waals surface area contributed by atoms with Crippen molar-refractivity contribution in [1.82, 2.24) is 4.90 Å². The third-order valence-corrected chi connectivity index (χ3v) is 4.18. The molecule has 0 heterocycles. The van der Waals surface area contributed by atoms with Crippen LogP contribution in [-0.4, -0.2) is 51.8 Å². The maximum absolute atomic E-state index is 12.5. The number of hydrogen-bond donors (Lipinski definition) is 0. The Morgan fingerprint density at radius 3 is 2.38 bits per heavy atom. The molecular weight excluding hydrogens is 374 g/mol. The van der Waals surface area contributed by atoms with Crippen molar-refractivity contribution in [3.63, 3.8) is 0 Å². The standard InChI is InChI=1S/C22H25NO6/c1-23(14-17-7-5-6-8-18(17)26-2)21(24)15-29-19-11-9-16(13-20(19)27-3)10-12-22(25)28-4/h5-13H,14-15H2,1-4H3/b12-10+. The van der Waals surface area contributed by atoms with E-state index in [9.17, 15) is 9.59 Å². The van der Waals surface area contributed by atoms with Crippen molar-refractivity contribution in [2.24, 2.45) is 0 Å². The third kappa shape index (κ3) is 6.27. The van der Waals surface area contributed by atoms with Gasteiger partial charge in [0.2, 0.25) is 0 Å². The smallest absolute Gasteiger partial charge is 0.330 e. The monoisotopic (exact) mass is 399 g/mol. The molecule has 0 fully saturated rings. The molecule has 154 valence electrons. The number of nitrogens with zero attached hydrogens (tertiary/aromatic N) is 1. The molecule has 0 aliphatic heterocycles. The Labute approximate surface area is 170 Å². The molecule has 0 saturated heterocycles. The minimum Gasteiger partial charge on any atom is -0.496 e. The molecule has 0 bridgehead atoms. The summed E-state index contributed by atoms with van der Waals surface area (Å²) in [5.41, 5.74) is 1.64. The first-order valence-corrected chi connectivity index (χ1v) is 8.91. The zero-order chi connectivity index (χ0) is 21.2. The predicted molar refractivity (Wildman–Crippen MR) is 109 cm³/mol. The Bertz CT molecular complexity index is 877. The van der Waals surface area contributed by atoms with Crippen molar-refractivity contribution < 1.29 is 28.5 Å². The van der Waals surface area contributed by atoms with Crippen LogP contribution in [0.1, 0.15) is 11.1 Å². The lowest BCUT2D eigenvalue weighted by molar-refractivity contribution is -0.135. The Morgan fingerprint density at radius 2 is 1.69 bits per heavy atom. The number of methoxy groups -OCH3 is 3. The second kappa shape index (κ2) is 10.8. The number of rotatable bonds is 9. The zero-order valence-corrected chi connectivity index (χ0v) is 17.0. The highest BCUT2D eigenvalue weighted by atomic mass is 16.5. The molecule has 0 aromatic heterocycles. The van der Waals surface area contributed by atoms with E-state index in [2.05, 4.69) is 4.74 Å². The van der Waals surface area contributed by atoms with Crippen molar-refractivity contribution in [1.29, 1.82) is 0 Å². The summed E-state index contributed by atoms with van der Waals surface area (Å²) in [7, 11) is 6.12. The van der Waals surface area contributed by atoms with Crippen LogP contribution in [0.4, 0.5) is 0 Å². The van der Waals surface area contributed by atoms with Gasteiger partial charge in [-0.05, 0) is 29.8 Å². The van der Waals surface area contributed by atoms with E-state index >= 15 is 0 Å². The molecule has 29 heavy (non-hydrogen) atoms. The molecule has 0 saturated carbocycles. The third-order valence-electron chi connectivity index (χ3n) is 4.18. The number of carbonyl (C=O) groups excluding carboxylic acids is 2. The highest BCUT2D eigenvalue weighted by Gasteiger charge is 2.14. The van der Waals surface area contributed by atoms with Crippen LogP contribution in [0.2, 0.25) is 0 Å². The topological polar surface area (TPSA) is 74.3 Å².